The normalized spacial score (nSPS) is 15.7. The number of aromatic carboxylic acids is 1. The molecule has 1 aliphatic heterocycles. The Morgan fingerprint density at radius 1 is 1.15 bits per heavy atom. The topological polar surface area (TPSA) is 95.5 Å². The van der Waals surface area contributed by atoms with Crippen LogP contribution in [0.3, 0.4) is 0 Å². The van der Waals surface area contributed by atoms with Crippen molar-refractivity contribution in [3.63, 3.8) is 0 Å². The molecule has 27 heavy (non-hydrogen) atoms. The molecule has 0 radical (unpaired) electrons. The summed E-state index contributed by atoms with van der Waals surface area (Å²) in [7, 11) is 0. The van der Waals surface area contributed by atoms with E-state index >= 15 is 0 Å². The van der Waals surface area contributed by atoms with E-state index in [0.717, 1.165) is 17.8 Å². The Labute approximate surface area is 154 Å². The van der Waals surface area contributed by atoms with Crippen LogP contribution >= 0.6 is 11.8 Å². The number of carboxylic acid groups (broad SMARTS) is 1. The molecule has 6 nitrogen and oxygen atoms in total. The minimum absolute atomic E-state index is 0.0180. The van der Waals surface area contributed by atoms with E-state index in [0.29, 0.717) is 16.6 Å². The van der Waals surface area contributed by atoms with Crippen LogP contribution in [0.15, 0.2) is 35.2 Å². The number of carboxylic acids is 1. The zero-order valence-electron chi connectivity index (χ0n) is 13.4. The highest BCUT2D eigenvalue weighted by molar-refractivity contribution is 8.01. The Balaban J connectivity index is 1.73. The molecule has 1 heterocycles. The highest BCUT2D eigenvalue weighted by Gasteiger charge is 2.30. The average molecular weight is 396 g/mol. The van der Waals surface area contributed by atoms with Gasteiger partial charge in [-0.3, -0.25) is 9.59 Å². The molecule has 0 saturated carbocycles. The van der Waals surface area contributed by atoms with Crippen molar-refractivity contribution in [2.45, 2.75) is 16.6 Å². The molecule has 2 aromatic rings. The largest absolute Gasteiger partial charge is 0.478 e. The first-order valence-electron chi connectivity index (χ1n) is 7.54. The van der Waals surface area contributed by atoms with E-state index in [-0.39, 0.29) is 12.0 Å². The maximum Gasteiger partial charge on any atom is 0.335 e. The number of nitrogens with one attached hydrogen (secondary N) is 2. The van der Waals surface area contributed by atoms with Gasteiger partial charge in [-0.25, -0.2) is 18.0 Å². The van der Waals surface area contributed by atoms with Gasteiger partial charge in [-0.15, -0.1) is 11.8 Å². The molecule has 1 aliphatic rings. The summed E-state index contributed by atoms with van der Waals surface area (Å²) in [6.07, 6.45) is -0.383. The van der Waals surface area contributed by atoms with E-state index in [1.807, 2.05) is 0 Å². The quantitative estimate of drug-likeness (QED) is 0.690. The predicted molar refractivity (Wildman–Crippen MR) is 91.2 cm³/mol. The molecule has 3 rings (SSSR count). The minimum Gasteiger partial charge on any atom is -0.478 e. The zero-order chi connectivity index (χ0) is 19.7. The third-order valence-corrected chi connectivity index (χ3v) is 4.99. The summed E-state index contributed by atoms with van der Waals surface area (Å²) in [6, 6.07) is 5.67. The van der Waals surface area contributed by atoms with Crippen LogP contribution in [-0.2, 0) is 9.59 Å². The van der Waals surface area contributed by atoms with Crippen molar-refractivity contribution in [2.24, 2.45) is 0 Å². The molecule has 0 fully saturated rings. The lowest BCUT2D eigenvalue weighted by atomic mass is 10.2. The fourth-order valence-corrected chi connectivity index (χ4v) is 3.55. The average Bonchev–Trinajstić information content (AvgIpc) is 2.62. The van der Waals surface area contributed by atoms with Crippen LogP contribution in [0.5, 0.6) is 0 Å². The summed E-state index contributed by atoms with van der Waals surface area (Å²) in [5.41, 5.74) is -0.114. The van der Waals surface area contributed by atoms with E-state index in [9.17, 15) is 27.6 Å². The van der Waals surface area contributed by atoms with Gasteiger partial charge >= 0.3 is 5.97 Å². The molecule has 140 valence electrons. The second kappa shape index (κ2) is 7.31. The SMILES string of the molecule is O=C(C[C@@H]1Sc2cc(C(=O)O)ccc2NC1=O)Nc1ccc(F)c(F)c1F. The van der Waals surface area contributed by atoms with Gasteiger partial charge in [0, 0.05) is 11.3 Å². The van der Waals surface area contributed by atoms with Crippen molar-refractivity contribution in [3.8, 4) is 0 Å². The second-order valence-electron chi connectivity index (χ2n) is 5.59. The number of benzene rings is 2. The molecule has 10 heteroatoms. The number of hydrogen-bond donors (Lipinski definition) is 3. The van der Waals surface area contributed by atoms with E-state index in [4.69, 9.17) is 5.11 Å². The van der Waals surface area contributed by atoms with Gasteiger partial charge in [-0.05, 0) is 30.3 Å². The number of carbonyl (C=O) groups excluding carboxylic acids is 2. The van der Waals surface area contributed by atoms with Gasteiger partial charge in [0.2, 0.25) is 11.8 Å². The van der Waals surface area contributed by atoms with Crippen LogP contribution in [0.25, 0.3) is 0 Å². The van der Waals surface area contributed by atoms with Crippen molar-refractivity contribution in [3.05, 3.63) is 53.3 Å². The van der Waals surface area contributed by atoms with Crippen LogP contribution in [-0.4, -0.2) is 28.1 Å². The number of hydrogen-bond acceptors (Lipinski definition) is 4. The molecular weight excluding hydrogens is 385 g/mol. The van der Waals surface area contributed by atoms with Gasteiger partial charge < -0.3 is 15.7 Å². The maximum atomic E-state index is 13.6. The van der Waals surface area contributed by atoms with Gasteiger partial charge in [-0.2, -0.15) is 0 Å². The van der Waals surface area contributed by atoms with Crippen molar-refractivity contribution in [1.29, 1.82) is 0 Å². The molecule has 1 atom stereocenters. The van der Waals surface area contributed by atoms with Gasteiger partial charge in [0.15, 0.2) is 17.5 Å². The van der Waals surface area contributed by atoms with Crippen LogP contribution in [0.2, 0.25) is 0 Å². The van der Waals surface area contributed by atoms with Crippen LogP contribution in [0, 0.1) is 17.5 Å². The number of thioether (sulfide) groups is 1. The lowest BCUT2D eigenvalue weighted by molar-refractivity contribution is -0.120. The number of amides is 2. The highest BCUT2D eigenvalue weighted by atomic mass is 32.2. The van der Waals surface area contributed by atoms with E-state index in [2.05, 4.69) is 10.6 Å². The van der Waals surface area contributed by atoms with Crippen LogP contribution in [0.4, 0.5) is 24.5 Å². The molecule has 2 aromatic carbocycles. The van der Waals surface area contributed by atoms with Crippen molar-refractivity contribution in [2.75, 3.05) is 10.6 Å². The Bertz CT molecular complexity index is 967. The Hall–Kier alpha value is -3.01. The van der Waals surface area contributed by atoms with Crippen LogP contribution < -0.4 is 10.6 Å². The number of fused-ring (bicyclic) bond motifs is 1. The summed E-state index contributed by atoms with van der Waals surface area (Å²) in [6.45, 7) is 0. The van der Waals surface area contributed by atoms with E-state index in [1.165, 1.54) is 18.2 Å². The zero-order valence-corrected chi connectivity index (χ0v) is 14.2. The number of rotatable bonds is 4. The van der Waals surface area contributed by atoms with Gasteiger partial charge in [0.25, 0.3) is 0 Å². The lowest BCUT2D eigenvalue weighted by Gasteiger charge is -2.24. The summed E-state index contributed by atoms with van der Waals surface area (Å²) < 4.78 is 39.8. The van der Waals surface area contributed by atoms with E-state index in [1.54, 1.807) is 0 Å². The van der Waals surface area contributed by atoms with Gasteiger partial charge in [0.05, 0.1) is 22.2 Å². The Kier molecular flexibility index (Phi) is 5.08. The summed E-state index contributed by atoms with van der Waals surface area (Å²) in [5.74, 6) is -7.06. The molecule has 0 unspecified atom stereocenters. The Morgan fingerprint density at radius 3 is 2.59 bits per heavy atom. The highest BCUT2D eigenvalue weighted by Crippen LogP contribution is 2.37. The number of anilines is 2. The second-order valence-corrected chi connectivity index (χ2v) is 6.83. The molecular formula is C17H11F3N2O4S. The standard InChI is InChI=1S/C17H11F3N2O4S/c18-8-2-4-10(15(20)14(8)19)21-13(23)6-12-16(24)22-9-3-1-7(17(25)26)5-11(9)27-12/h1-5,12H,6H2,(H,21,23)(H,22,24)(H,25,26)/t12-/m0/s1. The molecule has 0 saturated heterocycles. The first-order valence-corrected chi connectivity index (χ1v) is 8.42. The maximum absolute atomic E-state index is 13.6. The smallest absolute Gasteiger partial charge is 0.335 e. The third kappa shape index (κ3) is 3.90. The molecule has 2 amide bonds. The lowest BCUT2D eigenvalue weighted by Crippen LogP contribution is -2.32. The fraction of sp³-hybridized carbons (Fsp3) is 0.118. The van der Waals surface area contributed by atoms with Crippen molar-refractivity contribution < 1.29 is 32.7 Å². The van der Waals surface area contributed by atoms with Gasteiger partial charge in [-0.1, -0.05) is 0 Å². The van der Waals surface area contributed by atoms with Crippen molar-refractivity contribution >= 4 is 40.9 Å². The number of halogens is 3. The fourth-order valence-electron chi connectivity index (χ4n) is 2.40. The first-order chi connectivity index (χ1) is 12.8. The van der Waals surface area contributed by atoms with E-state index < -0.39 is 46.2 Å². The molecule has 0 bridgehead atoms. The Morgan fingerprint density at radius 2 is 1.89 bits per heavy atom. The third-order valence-electron chi connectivity index (χ3n) is 3.73. The molecule has 0 aromatic heterocycles. The van der Waals surface area contributed by atoms with Gasteiger partial charge in [0.1, 0.15) is 0 Å². The monoisotopic (exact) mass is 396 g/mol. The first kappa shape index (κ1) is 18.8. The number of carbonyl (C=O) groups is 3. The molecule has 0 aliphatic carbocycles. The summed E-state index contributed by atoms with van der Waals surface area (Å²) in [5, 5.41) is 12.8. The minimum atomic E-state index is -1.72. The summed E-state index contributed by atoms with van der Waals surface area (Å²) in [4.78, 5) is 35.7. The summed E-state index contributed by atoms with van der Waals surface area (Å²) >= 11 is 0.981. The predicted octanol–water partition coefficient (Wildman–Crippen LogP) is 3.24. The van der Waals surface area contributed by atoms with Crippen molar-refractivity contribution in [1.82, 2.24) is 0 Å². The van der Waals surface area contributed by atoms with Crippen LogP contribution in [0.1, 0.15) is 16.8 Å². The molecule has 3 N–H and O–H groups in total. The molecule has 0 spiro atoms.